The Balaban J connectivity index is 1.58. The monoisotopic (exact) mass is 496 g/mol. The number of hydrogen-bond donors (Lipinski definition) is 2. The number of carbonyl (C=O) groups is 1. The number of nitrogens with one attached hydrogen (secondary N) is 2. The molecule has 2 N–H and O–H groups in total. The first-order valence-electron chi connectivity index (χ1n) is 9.04. The molecular formula is C19H20FIN5O2-. The second-order valence-electron chi connectivity index (χ2n) is 6.86. The average Bonchev–Trinajstić information content (AvgIpc) is 3.11. The Labute approximate surface area is 172 Å². The molecule has 0 aliphatic carbocycles. The first kappa shape index (κ1) is 19.3. The third-order valence-electron chi connectivity index (χ3n) is 4.83. The molecule has 0 radical (unpaired) electrons. The SMILES string of the molecule is CC1CN(c2ccc(C#N)c3ncccc23)CC(C(=O)N[C@H]2[I-]NC[C@H]2F)O1. The number of morpholine rings is 1. The number of rotatable bonds is 3. The van der Waals surface area contributed by atoms with Crippen LogP contribution in [0.15, 0.2) is 30.5 Å². The number of nitriles is 1. The van der Waals surface area contributed by atoms with Gasteiger partial charge in [-0.15, -0.1) is 0 Å². The Morgan fingerprint density at radius 1 is 1.46 bits per heavy atom. The molecule has 7 nitrogen and oxygen atoms in total. The number of alkyl halides is 2. The molecule has 1 aromatic heterocycles. The zero-order valence-electron chi connectivity index (χ0n) is 15.2. The van der Waals surface area contributed by atoms with Crippen LogP contribution in [0.2, 0.25) is 0 Å². The molecule has 0 spiro atoms. The Morgan fingerprint density at radius 2 is 2.32 bits per heavy atom. The van der Waals surface area contributed by atoms with Crippen molar-refractivity contribution in [1.82, 2.24) is 13.8 Å². The maximum atomic E-state index is 13.8. The van der Waals surface area contributed by atoms with Gasteiger partial charge in [0.15, 0.2) is 0 Å². The molecule has 1 amide bonds. The van der Waals surface area contributed by atoms with E-state index in [2.05, 4.69) is 24.8 Å². The summed E-state index contributed by atoms with van der Waals surface area (Å²) in [5, 5.41) is 13.0. The number of pyridine rings is 1. The minimum atomic E-state index is -1.04. The van der Waals surface area contributed by atoms with E-state index in [0.29, 0.717) is 30.7 Å². The number of aromatic nitrogens is 1. The van der Waals surface area contributed by atoms with Crippen LogP contribution >= 0.6 is 0 Å². The van der Waals surface area contributed by atoms with Crippen molar-refractivity contribution in [2.45, 2.75) is 29.4 Å². The predicted octanol–water partition coefficient (Wildman–Crippen LogP) is -1.91. The molecule has 2 unspecified atom stereocenters. The third kappa shape index (κ3) is 3.76. The normalized spacial score (nSPS) is 27.8. The van der Waals surface area contributed by atoms with Gasteiger partial charge in [-0.1, -0.05) is 0 Å². The number of carbonyl (C=O) groups excluding carboxylic acids is 1. The Kier molecular flexibility index (Phi) is 5.61. The van der Waals surface area contributed by atoms with E-state index in [4.69, 9.17) is 4.74 Å². The van der Waals surface area contributed by atoms with Crippen molar-refractivity contribution in [2.75, 3.05) is 24.5 Å². The van der Waals surface area contributed by atoms with E-state index in [1.165, 1.54) is 0 Å². The first-order chi connectivity index (χ1) is 13.6. The number of fused-ring (bicyclic) bond motifs is 1. The summed E-state index contributed by atoms with van der Waals surface area (Å²) in [5.41, 5.74) is 2.07. The van der Waals surface area contributed by atoms with Crippen molar-refractivity contribution >= 4 is 22.5 Å². The number of anilines is 1. The molecule has 1 aromatic carbocycles. The molecule has 2 aliphatic rings. The van der Waals surface area contributed by atoms with Crippen LogP contribution in [0.25, 0.3) is 10.9 Å². The number of halogens is 2. The fraction of sp³-hybridized carbons (Fsp3) is 0.421. The number of amides is 1. The molecule has 3 heterocycles. The van der Waals surface area contributed by atoms with E-state index in [0.717, 1.165) is 11.1 Å². The molecule has 2 fully saturated rings. The summed E-state index contributed by atoms with van der Waals surface area (Å²) in [4.78, 5) is 19.1. The van der Waals surface area contributed by atoms with Gasteiger partial charge in [-0.2, -0.15) is 0 Å². The Bertz CT molecular complexity index is 936. The van der Waals surface area contributed by atoms with Crippen LogP contribution in [-0.2, 0) is 9.53 Å². The topological polar surface area (TPSA) is 90.3 Å². The average molecular weight is 496 g/mol. The summed E-state index contributed by atoms with van der Waals surface area (Å²) in [7, 11) is 0. The van der Waals surface area contributed by atoms with E-state index in [-0.39, 0.29) is 12.0 Å². The molecule has 2 saturated heterocycles. The van der Waals surface area contributed by atoms with Gasteiger partial charge in [-0.05, 0) is 0 Å². The van der Waals surface area contributed by atoms with E-state index in [1.807, 2.05) is 25.1 Å². The van der Waals surface area contributed by atoms with E-state index in [1.54, 1.807) is 12.3 Å². The fourth-order valence-electron chi connectivity index (χ4n) is 3.54. The zero-order chi connectivity index (χ0) is 19.7. The standard InChI is InChI=1S/C19H20FIN5O2/c1-11-9-26(10-16(28-11)19(27)25-18-14(20)8-24-21-18)15-5-4-12(7-22)17-13(15)3-2-6-23-17/h2-6,11,14,16,18,24H,8-10H2,1H3,(H,25,27)/q-1/t11?,14-,16?,18-/m1/s1. The van der Waals surface area contributed by atoms with Crippen molar-refractivity contribution in [3.05, 3.63) is 36.0 Å². The van der Waals surface area contributed by atoms with Crippen molar-refractivity contribution in [3.63, 3.8) is 0 Å². The molecule has 2 aliphatic heterocycles. The van der Waals surface area contributed by atoms with Gasteiger partial charge in [0.05, 0.1) is 0 Å². The van der Waals surface area contributed by atoms with Gasteiger partial charge in [0.25, 0.3) is 0 Å². The first-order valence-corrected chi connectivity index (χ1v) is 11.4. The molecular weight excluding hydrogens is 476 g/mol. The number of hydrogen-bond acceptors (Lipinski definition) is 6. The number of ether oxygens (including phenoxy) is 1. The van der Waals surface area contributed by atoms with Gasteiger partial charge in [-0.3, -0.25) is 0 Å². The summed E-state index contributed by atoms with van der Waals surface area (Å²) in [6.07, 6.45) is -0.216. The fourth-order valence-corrected chi connectivity index (χ4v) is 5.79. The quantitative estimate of drug-likeness (QED) is 0.223. The van der Waals surface area contributed by atoms with Gasteiger partial charge in [0.2, 0.25) is 0 Å². The molecule has 4 rings (SSSR count). The van der Waals surface area contributed by atoms with Crippen molar-refractivity contribution in [3.8, 4) is 6.07 Å². The van der Waals surface area contributed by atoms with Crippen LogP contribution in [0.1, 0.15) is 12.5 Å². The molecule has 148 valence electrons. The van der Waals surface area contributed by atoms with Crippen LogP contribution in [0, 0.1) is 11.3 Å². The summed E-state index contributed by atoms with van der Waals surface area (Å²) in [5.74, 6) is -0.274. The third-order valence-corrected chi connectivity index (χ3v) is 7.47. The van der Waals surface area contributed by atoms with Gasteiger partial charge in [0.1, 0.15) is 0 Å². The van der Waals surface area contributed by atoms with Gasteiger partial charge >= 0.3 is 173 Å². The number of nitrogens with zero attached hydrogens (tertiary/aromatic N) is 3. The summed E-state index contributed by atoms with van der Waals surface area (Å²) >= 11 is -0.582. The Hall–Kier alpha value is -2.03. The van der Waals surface area contributed by atoms with Gasteiger partial charge in [-0.25, -0.2) is 0 Å². The van der Waals surface area contributed by atoms with Crippen LogP contribution in [0.5, 0.6) is 0 Å². The van der Waals surface area contributed by atoms with Crippen LogP contribution in [0.4, 0.5) is 10.1 Å². The Morgan fingerprint density at radius 3 is 3.07 bits per heavy atom. The maximum absolute atomic E-state index is 13.8. The second-order valence-corrected chi connectivity index (χ2v) is 9.58. The molecule has 0 bridgehead atoms. The number of benzene rings is 1. The van der Waals surface area contributed by atoms with E-state index < -0.39 is 37.8 Å². The summed E-state index contributed by atoms with van der Waals surface area (Å²) in [6, 6.07) is 9.57. The zero-order valence-corrected chi connectivity index (χ0v) is 17.4. The summed E-state index contributed by atoms with van der Waals surface area (Å²) in [6.45, 7) is 3.19. The van der Waals surface area contributed by atoms with Gasteiger partial charge < -0.3 is 0 Å². The van der Waals surface area contributed by atoms with Crippen molar-refractivity contribution < 1.29 is 35.4 Å². The van der Waals surface area contributed by atoms with Gasteiger partial charge in [0, 0.05) is 0 Å². The molecule has 0 saturated carbocycles. The predicted molar refractivity (Wildman–Crippen MR) is 97.8 cm³/mol. The molecule has 4 atom stereocenters. The minimum absolute atomic E-state index is 0.163. The molecule has 9 heteroatoms. The van der Waals surface area contributed by atoms with Crippen molar-refractivity contribution in [2.24, 2.45) is 0 Å². The summed E-state index contributed by atoms with van der Waals surface area (Å²) < 4.78 is 22.3. The second kappa shape index (κ2) is 8.14. The van der Waals surface area contributed by atoms with E-state index in [9.17, 15) is 14.4 Å². The van der Waals surface area contributed by atoms with Crippen LogP contribution in [0.3, 0.4) is 0 Å². The molecule has 2 aromatic rings. The molecule has 28 heavy (non-hydrogen) atoms. The van der Waals surface area contributed by atoms with E-state index >= 15 is 0 Å². The van der Waals surface area contributed by atoms with Crippen LogP contribution < -0.4 is 35.2 Å². The van der Waals surface area contributed by atoms with Crippen LogP contribution in [-0.4, -0.2) is 53.0 Å². The van der Waals surface area contributed by atoms with Crippen molar-refractivity contribution in [1.29, 1.82) is 5.26 Å².